The lowest BCUT2D eigenvalue weighted by atomic mass is 10.0. The summed E-state index contributed by atoms with van der Waals surface area (Å²) in [5.41, 5.74) is 3.80. The number of H-pyrrole nitrogens is 1. The number of hydrogen-bond acceptors (Lipinski definition) is 5. The summed E-state index contributed by atoms with van der Waals surface area (Å²) >= 11 is 1.43. The van der Waals surface area contributed by atoms with E-state index in [9.17, 15) is 19.8 Å². The Morgan fingerprint density at radius 2 is 1.86 bits per heavy atom. The molecule has 0 bridgehead atoms. The van der Waals surface area contributed by atoms with E-state index in [4.69, 9.17) is 0 Å². The molecule has 1 aliphatic rings. The van der Waals surface area contributed by atoms with Gasteiger partial charge in [0.25, 0.3) is 5.56 Å². The van der Waals surface area contributed by atoms with E-state index in [1.807, 2.05) is 32.9 Å². The quantitative estimate of drug-likeness (QED) is 0.476. The van der Waals surface area contributed by atoms with Crippen molar-refractivity contribution in [1.82, 2.24) is 9.55 Å². The Kier molecular flexibility index (Phi) is 6.82. The number of aliphatic hydroxyl groups excluding tert-OH is 2. The number of aromatic nitrogens is 2. The van der Waals surface area contributed by atoms with Crippen LogP contribution < -0.4 is 11.2 Å². The van der Waals surface area contributed by atoms with Gasteiger partial charge in [-0.3, -0.25) is 14.3 Å². The average Bonchev–Trinajstić information content (AvgIpc) is 3.05. The van der Waals surface area contributed by atoms with Gasteiger partial charge in [-0.05, 0) is 67.5 Å². The zero-order chi connectivity index (χ0) is 21.1. The molecule has 0 spiro atoms. The second-order valence-corrected chi connectivity index (χ2v) is 8.68. The topological polar surface area (TPSA) is 95.3 Å². The molecule has 3 N–H and O–H groups in total. The third-order valence-corrected chi connectivity index (χ3v) is 6.62. The molecule has 6 nitrogen and oxygen atoms in total. The predicted octanol–water partition coefficient (Wildman–Crippen LogP) is 2.56. The number of hydrogen-bond donors (Lipinski definition) is 3. The molecule has 0 amide bonds. The molecule has 0 radical (unpaired) electrons. The summed E-state index contributed by atoms with van der Waals surface area (Å²) in [5.74, 6) is -0.0605. The second kappa shape index (κ2) is 9.15. The molecule has 1 aromatic carbocycles. The lowest BCUT2D eigenvalue weighted by molar-refractivity contribution is 0.228. The number of nitrogens with one attached hydrogen (secondary N) is 1. The van der Waals surface area contributed by atoms with Crippen LogP contribution in [-0.4, -0.2) is 33.0 Å². The van der Waals surface area contributed by atoms with Crippen molar-refractivity contribution in [3.8, 4) is 0 Å². The minimum Gasteiger partial charge on any atom is -0.396 e. The fourth-order valence-corrected chi connectivity index (χ4v) is 5.38. The minimum atomic E-state index is -0.448. The number of aliphatic hydroxyl groups is 2. The number of aromatic amines is 1. The van der Waals surface area contributed by atoms with Gasteiger partial charge in [0.2, 0.25) is 0 Å². The third-order valence-electron chi connectivity index (χ3n) is 5.49. The Balaban J connectivity index is 2.12. The Morgan fingerprint density at radius 1 is 1.17 bits per heavy atom. The van der Waals surface area contributed by atoms with Crippen LogP contribution in [0.4, 0.5) is 0 Å². The first kappa shape index (κ1) is 21.6. The summed E-state index contributed by atoms with van der Waals surface area (Å²) in [6, 6.07) is 6.17. The van der Waals surface area contributed by atoms with E-state index in [1.165, 1.54) is 11.8 Å². The van der Waals surface area contributed by atoms with Crippen molar-refractivity contribution in [1.29, 1.82) is 0 Å². The van der Waals surface area contributed by atoms with E-state index in [2.05, 4.69) is 11.1 Å². The Bertz CT molecular complexity index is 1030. The van der Waals surface area contributed by atoms with Crippen LogP contribution in [-0.2, 0) is 13.0 Å². The van der Waals surface area contributed by atoms with Gasteiger partial charge in [0.1, 0.15) is 0 Å². The van der Waals surface area contributed by atoms with Crippen LogP contribution in [0.15, 0.2) is 48.9 Å². The zero-order valence-corrected chi connectivity index (χ0v) is 17.9. The third kappa shape index (κ3) is 4.57. The van der Waals surface area contributed by atoms with Gasteiger partial charge in [0.15, 0.2) is 0 Å². The molecule has 1 aromatic heterocycles. The summed E-state index contributed by atoms with van der Waals surface area (Å²) in [4.78, 5) is 28.6. The van der Waals surface area contributed by atoms with Crippen LogP contribution in [0.2, 0.25) is 0 Å². The molecular formula is C22H28N2O4S. The van der Waals surface area contributed by atoms with E-state index >= 15 is 0 Å². The lowest BCUT2D eigenvalue weighted by Crippen LogP contribution is -2.34. The highest BCUT2D eigenvalue weighted by atomic mass is 32.2. The van der Waals surface area contributed by atoms with Gasteiger partial charge >= 0.3 is 5.69 Å². The summed E-state index contributed by atoms with van der Waals surface area (Å²) in [6.45, 7) is 6.12. The van der Waals surface area contributed by atoms with Crippen molar-refractivity contribution in [3.63, 3.8) is 0 Å². The highest BCUT2D eigenvalue weighted by Gasteiger charge is 2.26. The Morgan fingerprint density at radius 3 is 2.45 bits per heavy atom. The molecule has 29 heavy (non-hydrogen) atoms. The van der Waals surface area contributed by atoms with E-state index in [1.54, 1.807) is 4.57 Å². The zero-order valence-electron chi connectivity index (χ0n) is 17.1. The molecule has 3 rings (SSSR count). The summed E-state index contributed by atoms with van der Waals surface area (Å²) in [6.07, 6.45) is 2.00. The average molecular weight is 417 g/mol. The van der Waals surface area contributed by atoms with Gasteiger partial charge in [-0.2, -0.15) is 0 Å². The van der Waals surface area contributed by atoms with Crippen LogP contribution >= 0.6 is 11.8 Å². The molecule has 156 valence electrons. The number of benzene rings is 1. The van der Waals surface area contributed by atoms with Crippen LogP contribution in [0.1, 0.15) is 36.5 Å². The standard InChI is InChI=1S/C22H28N2O4S/c1-4-18-20(27)23-22(28)24(10-15-5-6-16(11-25)19(15)12-26)21(18)29-17-8-13(2)7-14(3)9-17/h7-9,16,25-26H,4-6,10-12H2,1-3H3,(H,23,27,28). The molecule has 1 heterocycles. The number of allylic oxidation sites excluding steroid dienone is 1. The van der Waals surface area contributed by atoms with Crippen molar-refractivity contribution < 1.29 is 10.2 Å². The van der Waals surface area contributed by atoms with Crippen molar-refractivity contribution in [2.24, 2.45) is 5.92 Å². The minimum absolute atomic E-state index is 0.00962. The summed E-state index contributed by atoms with van der Waals surface area (Å²) in [7, 11) is 0. The fourth-order valence-electron chi connectivity index (χ4n) is 4.05. The van der Waals surface area contributed by atoms with E-state index in [0.29, 0.717) is 23.6 Å². The molecule has 0 saturated heterocycles. The maximum absolute atomic E-state index is 12.7. The first-order valence-electron chi connectivity index (χ1n) is 9.92. The number of aryl methyl sites for hydroxylation is 2. The van der Waals surface area contributed by atoms with Gasteiger partial charge in [-0.15, -0.1) is 0 Å². The van der Waals surface area contributed by atoms with Gasteiger partial charge in [-0.1, -0.05) is 24.8 Å². The predicted molar refractivity (Wildman–Crippen MR) is 115 cm³/mol. The molecule has 1 unspecified atom stereocenters. The van der Waals surface area contributed by atoms with Gasteiger partial charge in [-0.25, -0.2) is 4.79 Å². The molecule has 7 heteroatoms. The maximum Gasteiger partial charge on any atom is 0.329 e. The molecule has 2 aromatic rings. The van der Waals surface area contributed by atoms with Crippen molar-refractivity contribution in [3.05, 3.63) is 66.9 Å². The summed E-state index contributed by atoms with van der Waals surface area (Å²) in [5, 5.41) is 20.0. The first-order valence-corrected chi connectivity index (χ1v) is 10.7. The van der Waals surface area contributed by atoms with E-state index in [-0.39, 0.29) is 24.7 Å². The van der Waals surface area contributed by atoms with Crippen LogP contribution in [0.5, 0.6) is 0 Å². The molecule has 0 aliphatic heterocycles. The van der Waals surface area contributed by atoms with E-state index < -0.39 is 5.69 Å². The normalized spacial score (nSPS) is 16.7. The Labute approximate surface area is 174 Å². The smallest absolute Gasteiger partial charge is 0.329 e. The number of rotatable bonds is 7. The van der Waals surface area contributed by atoms with Crippen molar-refractivity contribution >= 4 is 11.8 Å². The number of nitrogens with zero attached hydrogens (tertiary/aromatic N) is 1. The van der Waals surface area contributed by atoms with Gasteiger partial charge in [0, 0.05) is 29.5 Å². The monoisotopic (exact) mass is 416 g/mol. The lowest BCUT2D eigenvalue weighted by Gasteiger charge is -2.17. The molecule has 1 aliphatic carbocycles. The Hall–Kier alpha value is -2.09. The van der Waals surface area contributed by atoms with Gasteiger partial charge in [0.05, 0.1) is 11.6 Å². The molecule has 0 saturated carbocycles. The fraction of sp³-hybridized carbons (Fsp3) is 0.455. The van der Waals surface area contributed by atoms with Crippen LogP contribution in [0.25, 0.3) is 0 Å². The largest absolute Gasteiger partial charge is 0.396 e. The molecule has 0 fully saturated rings. The molecular weight excluding hydrogens is 388 g/mol. The SMILES string of the molecule is CCc1c(Sc2cc(C)cc(C)c2)n(CC2=C(CO)C(CO)CC2)c(=O)[nH]c1=O. The summed E-state index contributed by atoms with van der Waals surface area (Å²) < 4.78 is 1.60. The van der Waals surface area contributed by atoms with Crippen molar-refractivity contribution in [2.45, 2.75) is 56.5 Å². The van der Waals surface area contributed by atoms with Crippen LogP contribution in [0, 0.1) is 19.8 Å². The van der Waals surface area contributed by atoms with Crippen LogP contribution in [0.3, 0.4) is 0 Å². The van der Waals surface area contributed by atoms with Crippen molar-refractivity contribution in [2.75, 3.05) is 13.2 Å². The van der Waals surface area contributed by atoms with Gasteiger partial charge < -0.3 is 10.2 Å². The second-order valence-electron chi connectivity index (χ2n) is 7.61. The molecule has 1 atom stereocenters. The highest BCUT2D eigenvalue weighted by Crippen LogP contribution is 2.35. The first-order chi connectivity index (χ1) is 13.9. The maximum atomic E-state index is 12.7. The van der Waals surface area contributed by atoms with E-state index in [0.717, 1.165) is 40.0 Å². The highest BCUT2D eigenvalue weighted by molar-refractivity contribution is 7.99.